The van der Waals surface area contributed by atoms with Gasteiger partial charge in [0.1, 0.15) is 0 Å². The fraction of sp³-hybridized carbons (Fsp3) is 0.182. The summed E-state index contributed by atoms with van der Waals surface area (Å²) in [6.07, 6.45) is 1.55. The van der Waals surface area contributed by atoms with Crippen LogP contribution in [-0.4, -0.2) is 19.6 Å². The molecule has 0 bridgehead atoms. The predicted molar refractivity (Wildman–Crippen MR) is 55.5 cm³/mol. The van der Waals surface area contributed by atoms with Gasteiger partial charge in [-0.25, -0.2) is 4.39 Å². The van der Waals surface area contributed by atoms with Gasteiger partial charge in [-0.1, -0.05) is 6.08 Å². The third-order valence-electron chi connectivity index (χ3n) is 1.82. The predicted octanol–water partition coefficient (Wildman–Crippen LogP) is 1.75. The molecule has 0 saturated carbocycles. The topological polar surface area (TPSA) is 38.3 Å². The minimum atomic E-state index is -0.552. The van der Waals surface area contributed by atoms with E-state index in [2.05, 4.69) is 11.9 Å². The lowest BCUT2D eigenvalue weighted by Crippen LogP contribution is -2.23. The zero-order valence-corrected chi connectivity index (χ0v) is 8.42. The van der Waals surface area contributed by atoms with Gasteiger partial charge in [0.25, 0.3) is 5.91 Å². The van der Waals surface area contributed by atoms with Crippen molar-refractivity contribution < 1.29 is 13.9 Å². The fourth-order valence-electron chi connectivity index (χ4n) is 1.07. The minimum absolute atomic E-state index is 0.121. The summed E-state index contributed by atoms with van der Waals surface area (Å²) < 4.78 is 17.9. The molecular formula is C11H12FNO2. The first-order chi connectivity index (χ1) is 7.19. The summed E-state index contributed by atoms with van der Waals surface area (Å²) in [4.78, 5) is 11.4. The Morgan fingerprint density at radius 2 is 2.40 bits per heavy atom. The van der Waals surface area contributed by atoms with Crippen LogP contribution in [0.25, 0.3) is 0 Å². The number of hydrogen-bond acceptors (Lipinski definition) is 2. The number of carbonyl (C=O) groups is 1. The average Bonchev–Trinajstić information content (AvgIpc) is 2.25. The Hall–Kier alpha value is -1.84. The summed E-state index contributed by atoms with van der Waals surface area (Å²) in [5, 5.41) is 2.55. The number of benzene rings is 1. The highest BCUT2D eigenvalue weighted by atomic mass is 19.1. The largest absolute Gasteiger partial charge is 0.494 e. The van der Waals surface area contributed by atoms with Gasteiger partial charge in [-0.15, -0.1) is 6.58 Å². The van der Waals surface area contributed by atoms with E-state index in [0.29, 0.717) is 6.54 Å². The zero-order valence-electron chi connectivity index (χ0n) is 8.42. The van der Waals surface area contributed by atoms with Crippen LogP contribution in [0.2, 0.25) is 0 Å². The van der Waals surface area contributed by atoms with E-state index in [0.717, 1.165) is 6.07 Å². The number of hydrogen-bond donors (Lipinski definition) is 1. The molecule has 1 amide bonds. The van der Waals surface area contributed by atoms with Crippen LogP contribution >= 0.6 is 0 Å². The number of methoxy groups -OCH3 is 1. The van der Waals surface area contributed by atoms with Crippen molar-refractivity contribution in [2.75, 3.05) is 13.7 Å². The summed E-state index contributed by atoms with van der Waals surface area (Å²) in [6, 6.07) is 4.05. The molecule has 3 nitrogen and oxygen atoms in total. The molecule has 15 heavy (non-hydrogen) atoms. The van der Waals surface area contributed by atoms with E-state index in [1.54, 1.807) is 6.08 Å². The Morgan fingerprint density at radius 1 is 1.67 bits per heavy atom. The SMILES string of the molecule is C=CCNC(=O)c1ccc(OC)c(F)c1. The maximum Gasteiger partial charge on any atom is 0.251 e. The first-order valence-corrected chi connectivity index (χ1v) is 4.41. The van der Waals surface area contributed by atoms with Gasteiger partial charge in [0.05, 0.1) is 7.11 Å². The van der Waals surface area contributed by atoms with E-state index in [-0.39, 0.29) is 17.2 Å². The molecule has 0 radical (unpaired) electrons. The van der Waals surface area contributed by atoms with Gasteiger partial charge in [-0.05, 0) is 18.2 Å². The van der Waals surface area contributed by atoms with Crippen LogP contribution in [0.1, 0.15) is 10.4 Å². The number of nitrogens with one attached hydrogen (secondary N) is 1. The Labute approximate surface area is 87.6 Å². The van der Waals surface area contributed by atoms with Gasteiger partial charge < -0.3 is 10.1 Å². The normalized spacial score (nSPS) is 9.47. The van der Waals surface area contributed by atoms with E-state index in [4.69, 9.17) is 4.74 Å². The van der Waals surface area contributed by atoms with E-state index in [9.17, 15) is 9.18 Å². The number of rotatable bonds is 4. The van der Waals surface area contributed by atoms with Gasteiger partial charge in [0.2, 0.25) is 0 Å². The lowest BCUT2D eigenvalue weighted by atomic mass is 10.2. The standard InChI is InChI=1S/C11H12FNO2/c1-3-6-13-11(14)8-4-5-10(15-2)9(12)7-8/h3-5,7H,1,6H2,2H3,(H,13,14). The first-order valence-electron chi connectivity index (χ1n) is 4.41. The zero-order chi connectivity index (χ0) is 11.3. The highest BCUT2D eigenvalue weighted by Gasteiger charge is 2.08. The highest BCUT2D eigenvalue weighted by molar-refractivity contribution is 5.94. The highest BCUT2D eigenvalue weighted by Crippen LogP contribution is 2.17. The van der Waals surface area contributed by atoms with Crippen molar-refractivity contribution in [2.24, 2.45) is 0 Å². The molecule has 0 aliphatic rings. The Morgan fingerprint density at radius 3 is 2.93 bits per heavy atom. The van der Waals surface area contributed by atoms with Crippen molar-refractivity contribution in [1.82, 2.24) is 5.32 Å². The second-order valence-electron chi connectivity index (χ2n) is 2.85. The molecule has 1 aromatic carbocycles. The van der Waals surface area contributed by atoms with Crippen LogP contribution in [0.3, 0.4) is 0 Å². The molecule has 1 aromatic rings. The summed E-state index contributed by atoms with van der Waals surface area (Å²) >= 11 is 0. The van der Waals surface area contributed by atoms with Crippen LogP contribution in [0.4, 0.5) is 4.39 Å². The van der Waals surface area contributed by atoms with Crippen molar-refractivity contribution in [3.05, 3.63) is 42.2 Å². The maximum atomic E-state index is 13.2. The molecule has 0 heterocycles. The van der Waals surface area contributed by atoms with E-state index >= 15 is 0 Å². The van der Waals surface area contributed by atoms with Crippen LogP contribution in [0.5, 0.6) is 5.75 Å². The molecule has 1 N–H and O–H groups in total. The summed E-state index contributed by atoms with van der Waals surface area (Å²) in [6.45, 7) is 3.82. The molecular weight excluding hydrogens is 197 g/mol. The van der Waals surface area contributed by atoms with E-state index in [1.165, 1.54) is 19.2 Å². The smallest absolute Gasteiger partial charge is 0.251 e. The summed E-state index contributed by atoms with van der Waals surface area (Å²) in [5.74, 6) is -0.768. The first kappa shape index (κ1) is 11.2. The molecule has 80 valence electrons. The van der Waals surface area contributed by atoms with Crippen molar-refractivity contribution in [2.45, 2.75) is 0 Å². The number of amides is 1. The fourth-order valence-corrected chi connectivity index (χ4v) is 1.07. The monoisotopic (exact) mass is 209 g/mol. The third kappa shape index (κ3) is 2.80. The second kappa shape index (κ2) is 5.14. The van der Waals surface area contributed by atoms with E-state index in [1.807, 2.05) is 0 Å². The van der Waals surface area contributed by atoms with Gasteiger partial charge >= 0.3 is 0 Å². The number of ether oxygens (including phenoxy) is 1. The summed E-state index contributed by atoms with van der Waals surface area (Å²) in [7, 11) is 1.37. The lowest BCUT2D eigenvalue weighted by molar-refractivity contribution is 0.0957. The lowest BCUT2D eigenvalue weighted by Gasteiger charge is -2.05. The van der Waals surface area contributed by atoms with Gasteiger partial charge in [0, 0.05) is 12.1 Å². The maximum absolute atomic E-state index is 13.2. The number of halogens is 1. The number of carbonyl (C=O) groups excluding carboxylic acids is 1. The van der Waals surface area contributed by atoms with Crippen LogP contribution in [0.15, 0.2) is 30.9 Å². The molecule has 4 heteroatoms. The van der Waals surface area contributed by atoms with E-state index < -0.39 is 5.82 Å². The molecule has 0 aliphatic heterocycles. The van der Waals surface area contributed by atoms with Crippen molar-refractivity contribution in [3.8, 4) is 5.75 Å². The Kier molecular flexibility index (Phi) is 3.85. The van der Waals surface area contributed by atoms with Gasteiger partial charge in [0.15, 0.2) is 11.6 Å². The Bertz CT molecular complexity index is 377. The van der Waals surface area contributed by atoms with Crippen LogP contribution in [-0.2, 0) is 0 Å². The molecule has 0 aromatic heterocycles. The minimum Gasteiger partial charge on any atom is -0.494 e. The van der Waals surface area contributed by atoms with Crippen molar-refractivity contribution >= 4 is 5.91 Å². The third-order valence-corrected chi connectivity index (χ3v) is 1.82. The molecule has 0 fully saturated rings. The quantitative estimate of drug-likeness (QED) is 0.767. The van der Waals surface area contributed by atoms with Gasteiger partial charge in [-0.3, -0.25) is 4.79 Å². The van der Waals surface area contributed by atoms with Gasteiger partial charge in [-0.2, -0.15) is 0 Å². The molecule has 0 spiro atoms. The van der Waals surface area contributed by atoms with Crippen LogP contribution in [0, 0.1) is 5.82 Å². The average molecular weight is 209 g/mol. The van der Waals surface area contributed by atoms with Crippen molar-refractivity contribution in [3.63, 3.8) is 0 Å². The molecule has 0 unspecified atom stereocenters. The Balaban J connectivity index is 2.82. The summed E-state index contributed by atoms with van der Waals surface area (Å²) in [5.41, 5.74) is 0.259. The molecule has 0 atom stereocenters. The second-order valence-corrected chi connectivity index (χ2v) is 2.85. The molecule has 0 saturated heterocycles. The molecule has 0 aliphatic carbocycles. The van der Waals surface area contributed by atoms with Crippen molar-refractivity contribution in [1.29, 1.82) is 0 Å². The van der Waals surface area contributed by atoms with Crippen LogP contribution < -0.4 is 10.1 Å². The molecule has 1 rings (SSSR count).